The molecule has 2 bridgehead atoms. The molecule has 0 radical (unpaired) electrons. The summed E-state index contributed by atoms with van der Waals surface area (Å²) >= 11 is 0. The second-order valence-corrected chi connectivity index (χ2v) is 7.74. The van der Waals surface area contributed by atoms with Gasteiger partial charge in [-0.15, -0.1) is 19.0 Å². The molecule has 0 aromatic heterocycles. The number of halogens is 1. The summed E-state index contributed by atoms with van der Waals surface area (Å²) in [7, 11) is 0. The van der Waals surface area contributed by atoms with E-state index in [1.807, 2.05) is 12.1 Å². The lowest BCUT2D eigenvalue weighted by Gasteiger charge is -2.63. The van der Waals surface area contributed by atoms with Crippen molar-refractivity contribution in [2.45, 2.75) is 54.9 Å². The highest BCUT2D eigenvalue weighted by atomic mass is 35.5. The Hall–Kier alpha value is -1.27. The van der Waals surface area contributed by atoms with Crippen LogP contribution in [0.1, 0.15) is 30.4 Å². The molecule has 5 atom stereocenters. The SMILES string of the molecule is C=CCN1CC[C@]23c4c5ccc(O)c4OC2C(O)CCC3(O)[C@H]1C5.Cl. The number of likely N-dealkylation sites (tertiary alicyclic amines) is 1. The van der Waals surface area contributed by atoms with Gasteiger partial charge in [0, 0.05) is 18.2 Å². The molecule has 1 saturated heterocycles. The van der Waals surface area contributed by atoms with E-state index >= 15 is 0 Å². The van der Waals surface area contributed by atoms with E-state index in [-0.39, 0.29) is 24.2 Å². The fourth-order valence-electron chi connectivity index (χ4n) is 5.99. The summed E-state index contributed by atoms with van der Waals surface area (Å²) in [5.74, 6) is 0.589. The molecule has 4 aliphatic rings. The molecule has 2 aliphatic carbocycles. The highest BCUT2D eigenvalue weighted by Crippen LogP contribution is 2.65. The third-order valence-corrected chi connectivity index (χ3v) is 6.91. The Morgan fingerprint density at radius 2 is 2.16 bits per heavy atom. The fraction of sp³-hybridized carbons (Fsp3) is 0.579. The second-order valence-electron chi connectivity index (χ2n) is 7.74. The van der Waals surface area contributed by atoms with E-state index in [0.717, 1.165) is 37.1 Å². The first-order valence-electron chi connectivity index (χ1n) is 8.80. The molecule has 5 nitrogen and oxygen atoms in total. The van der Waals surface area contributed by atoms with Crippen molar-refractivity contribution in [3.63, 3.8) is 0 Å². The number of aliphatic hydroxyl groups is 2. The maximum atomic E-state index is 11.9. The number of nitrogens with zero attached hydrogens (tertiary/aromatic N) is 1. The molecule has 25 heavy (non-hydrogen) atoms. The number of piperidine rings is 1. The molecular formula is C19H24ClNO4. The zero-order chi connectivity index (χ0) is 16.7. The number of rotatable bonds is 2. The molecule has 2 fully saturated rings. The molecular weight excluding hydrogens is 342 g/mol. The molecule has 136 valence electrons. The highest BCUT2D eigenvalue weighted by Gasteiger charge is 2.72. The topological polar surface area (TPSA) is 73.2 Å². The predicted molar refractivity (Wildman–Crippen MR) is 95.5 cm³/mol. The number of phenols is 1. The van der Waals surface area contributed by atoms with Gasteiger partial charge in [0.1, 0.15) is 6.10 Å². The first-order chi connectivity index (χ1) is 11.5. The van der Waals surface area contributed by atoms with Crippen LogP contribution in [0.25, 0.3) is 0 Å². The minimum atomic E-state index is -0.940. The van der Waals surface area contributed by atoms with Crippen molar-refractivity contribution in [3.05, 3.63) is 35.9 Å². The van der Waals surface area contributed by atoms with Crippen LogP contribution in [0.3, 0.4) is 0 Å². The number of hydrogen-bond acceptors (Lipinski definition) is 5. The van der Waals surface area contributed by atoms with Crippen LogP contribution in [0.15, 0.2) is 24.8 Å². The van der Waals surface area contributed by atoms with Gasteiger partial charge in [-0.2, -0.15) is 0 Å². The smallest absolute Gasteiger partial charge is 0.165 e. The van der Waals surface area contributed by atoms with Crippen molar-refractivity contribution < 1.29 is 20.1 Å². The normalized spacial score (nSPS) is 40.6. The van der Waals surface area contributed by atoms with E-state index in [2.05, 4.69) is 11.5 Å². The van der Waals surface area contributed by atoms with Crippen LogP contribution in [0.2, 0.25) is 0 Å². The Morgan fingerprint density at radius 1 is 1.36 bits per heavy atom. The lowest BCUT2D eigenvalue weighted by Crippen LogP contribution is -2.77. The monoisotopic (exact) mass is 365 g/mol. The molecule has 3 N–H and O–H groups in total. The first kappa shape index (κ1) is 17.2. The van der Waals surface area contributed by atoms with Crippen molar-refractivity contribution in [2.24, 2.45) is 0 Å². The van der Waals surface area contributed by atoms with Crippen LogP contribution in [0.4, 0.5) is 0 Å². The average molecular weight is 366 g/mol. The van der Waals surface area contributed by atoms with E-state index in [1.165, 1.54) is 0 Å². The standard InChI is InChI=1S/C19H23NO4.ClH/c1-2-8-20-9-7-18-15-11-3-4-12(21)16(15)24-17(18)13(22)5-6-19(18,23)14(20)10-11;/h2-4,13-14,17,21-23H,1,5-10H2;1H/t13?,14-,17?,18+,19?;/m1./s1. The van der Waals surface area contributed by atoms with E-state index in [9.17, 15) is 15.3 Å². The van der Waals surface area contributed by atoms with Crippen LogP contribution in [0, 0.1) is 0 Å². The number of ether oxygens (including phenoxy) is 1. The number of hydrogen-bond donors (Lipinski definition) is 3. The Balaban J connectivity index is 0.00000157. The average Bonchev–Trinajstić information content (AvgIpc) is 2.91. The third kappa shape index (κ3) is 1.80. The van der Waals surface area contributed by atoms with Gasteiger partial charge in [0.05, 0.1) is 17.1 Å². The number of aromatic hydroxyl groups is 1. The van der Waals surface area contributed by atoms with Gasteiger partial charge >= 0.3 is 0 Å². The molecule has 1 aromatic carbocycles. The minimum Gasteiger partial charge on any atom is -0.504 e. The van der Waals surface area contributed by atoms with Crippen molar-refractivity contribution in [1.82, 2.24) is 4.90 Å². The number of aliphatic hydroxyl groups excluding tert-OH is 1. The Bertz CT molecular complexity index is 740. The van der Waals surface area contributed by atoms with Gasteiger partial charge in [-0.1, -0.05) is 12.1 Å². The largest absolute Gasteiger partial charge is 0.504 e. The molecule has 5 rings (SSSR count). The molecule has 1 saturated carbocycles. The fourth-order valence-corrected chi connectivity index (χ4v) is 5.99. The number of phenolic OH excluding ortho intramolecular Hbond substituents is 1. The molecule has 1 aromatic rings. The maximum absolute atomic E-state index is 11.9. The summed E-state index contributed by atoms with van der Waals surface area (Å²) in [5, 5.41) is 32.8. The zero-order valence-corrected chi connectivity index (χ0v) is 14.8. The molecule has 6 heteroatoms. The summed E-state index contributed by atoms with van der Waals surface area (Å²) in [5.41, 5.74) is 0.518. The van der Waals surface area contributed by atoms with E-state index in [4.69, 9.17) is 4.74 Å². The maximum Gasteiger partial charge on any atom is 0.165 e. The van der Waals surface area contributed by atoms with Gasteiger partial charge in [0.15, 0.2) is 11.5 Å². The van der Waals surface area contributed by atoms with Crippen LogP contribution < -0.4 is 4.74 Å². The Kier molecular flexibility index (Phi) is 3.68. The van der Waals surface area contributed by atoms with Gasteiger partial charge in [0.25, 0.3) is 0 Å². The van der Waals surface area contributed by atoms with Gasteiger partial charge in [-0.05, 0) is 43.9 Å². The highest BCUT2D eigenvalue weighted by molar-refractivity contribution is 5.85. The summed E-state index contributed by atoms with van der Waals surface area (Å²) in [6.07, 6.45) is 3.33. The Morgan fingerprint density at radius 3 is 2.92 bits per heavy atom. The lowest BCUT2D eigenvalue weighted by molar-refractivity contribution is -0.206. The van der Waals surface area contributed by atoms with Crippen molar-refractivity contribution in [1.29, 1.82) is 0 Å². The summed E-state index contributed by atoms with van der Waals surface area (Å²) in [6.45, 7) is 5.44. The van der Waals surface area contributed by atoms with Gasteiger partial charge in [-0.25, -0.2) is 0 Å². The summed E-state index contributed by atoms with van der Waals surface area (Å²) < 4.78 is 6.08. The van der Waals surface area contributed by atoms with E-state index in [0.29, 0.717) is 18.6 Å². The van der Waals surface area contributed by atoms with Crippen LogP contribution >= 0.6 is 12.4 Å². The van der Waals surface area contributed by atoms with E-state index in [1.54, 1.807) is 6.07 Å². The minimum absolute atomic E-state index is 0. The molecule has 3 unspecified atom stereocenters. The van der Waals surface area contributed by atoms with Crippen LogP contribution in [-0.4, -0.2) is 57.2 Å². The second kappa shape index (κ2) is 5.36. The van der Waals surface area contributed by atoms with Gasteiger partial charge in [-0.3, -0.25) is 4.90 Å². The molecule has 0 amide bonds. The quantitative estimate of drug-likeness (QED) is 0.693. The van der Waals surface area contributed by atoms with E-state index < -0.39 is 23.2 Å². The van der Waals surface area contributed by atoms with Gasteiger partial charge < -0.3 is 20.1 Å². The molecule has 1 spiro atoms. The lowest BCUT2D eigenvalue weighted by atomic mass is 9.48. The van der Waals surface area contributed by atoms with Crippen LogP contribution in [0.5, 0.6) is 11.5 Å². The third-order valence-electron chi connectivity index (χ3n) is 6.91. The van der Waals surface area contributed by atoms with Gasteiger partial charge in [0.2, 0.25) is 0 Å². The predicted octanol–water partition coefficient (Wildman–Crippen LogP) is 1.51. The number of benzene rings is 1. The zero-order valence-electron chi connectivity index (χ0n) is 14.0. The van der Waals surface area contributed by atoms with Crippen LogP contribution in [-0.2, 0) is 11.8 Å². The Labute approximate surface area is 153 Å². The molecule has 2 heterocycles. The van der Waals surface area contributed by atoms with Crippen molar-refractivity contribution in [3.8, 4) is 11.5 Å². The molecule has 2 aliphatic heterocycles. The van der Waals surface area contributed by atoms with Crippen molar-refractivity contribution in [2.75, 3.05) is 13.1 Å². The summed E-state index contributed by atoms with van der Waals surface area (Å²) in [6, 6.07) is 3.62. The summed E-state index contributed by atoms with van der Waals surface area (Å²) in [4.78, 5) is 2.31. The first-order valence-corrected chi connectivity index (χ1v) is 8.80. The van der Waals surface area contributed by atoms with Crippen molar-refractivity contribution >= 4 is 12.4 Å².